The molecule has 1 aromatic carbocycles. The maximum Gasteiger partial charge on any atom is 0.262 e. The van der Waals surface area contributed by atoms with Crippen LogP contribution in [0.3, 0.4) is 0 Å². The molecule has 0 amide bonds. The number of thioether (sulfide) groups is 1. The summed E-state index contributed by atoms with van der Waals surface area (Å²) in [5.74, 6) is 1.48. The fourth-order valence-corrected chi connectivity index (χ4v) is 3.22. The van der Waals surface area contributed by atoms with Gasteiger partial charge < -0.3 is 4.74 Å². The standard InChI is InChI=1S/C16H22N2O2S/c1-11(2)10-21-16-17-14-8-6-5-7-13(14)15(19)18(16)12(3)9-20-4/h5-8,11-12H,9-10H2,1-4H3. The van der Waals surface area contributed by atoms with Gasteiger partial charge in [0.15, 0.2) is 5.16 Å². The summed E-state index contributed by atoms with van der Waals surface area (Å²) in [6.45, 7) is 6.81. The van der Waals surface area contributed by atoms with Crippen LogP contribution in [0.2, 0.25) is 0 Å². The van der Waals surface area contributed by atoms with E-state index in [9.17, 15) is 4.79 Å². The number of hydrogen-bond acceptors (Lipinski definition) is 4. The summed E-state index contributed by atoms with van der Waals surface area (Å²) < 4.78 is 6.97. The molecule has 0 bridgehead atoms. The summed E-state index contributed by atoms with van der Waals surface area (Å²) in [4.78, 5) is 17.4. The zero-order chi connectivity index (χ0) is 15.4. The topological polar surface area (TPSA) is 44.1 Å². The molecule has 0 saturated heterocycles. The Morgan fingerprint density at radius 3 is 2.67 bits per heavy atom. The van der Waals surface area contributed by atoms with Crippen LogP contribution in [0.15, 0.2) is 34.2 Å². The van der Waals surface area contributed by atoms with E-state index in [4.69, 9.17) is 4.74 Å². The number of nitrogens with zero attached hydrogens (tertiary/aromatic N) is 2. The van der Waals surface area contributed by atoms with Gasteiger partial charge in [-0.2, -0.15) is 0 Å². The number of rotatable bonds is 6. The lowest BCUT2D eigenvalue weighted by molar-refractivity contribution is 0.156. The van der Waals surface area contributed by atoms with E-state index in [1.54, 1.807) is 23.4 Å². The highest BCUT2D eigenvalue weighted by molar-refractivity contribution is 7.99. The van der Waals surface area contributed by atoms with Crippen molar-refractivity contribution in [3.63, 3.8) is 0 Å². The van der Waals surface area contributed by atoms with Gasteiger partial charge in [0.05, 0.1) is 23.6 Å². The first-order valence-electron chi connectivity index (χ1n) is 7.17. The summed E-state index contributed by atoms with van der Waals surface area (Å²) >= 11 is 1.63. The molecule has 0 fully saturated rings. The van der Waals surface area contributed by atoms with Crippen LogP contribution >= 0.6 is 11.8 Å². The Bertz CT molecular complexity index is 667. The highest BCUT2D eigenvalue weighted by atomic mass is 32.2. The molecule has 114 valence electrons. The van der Waals surface area contributed by atoms with Crippen molar-refractivity contribution < 1.29 is 4.74 Å². The average Bonchev–Trinajstić information content (AvgIpc) is 2.45. The quantitative estimate of drug-likeness (QED) is 0.606. The second-order valence-corrected chi connectivity index (χ2v) is 6.58. The van der Waals surface area contributed by atoms with Gasteiger partial charge in [-0.1, -0.05) is 37.7 Å². The summed E-state index contributed by atoms with van der Waals surface area (Å²) in [7, 11) is 1.65. The lowest BCUT2D eigenvalue weighted by atomic mass is 10.2. The van der Waals surface area contributed by atoms with E-state index in [0.717, 1.165) is 16.4 Å². The maximum absolute atomic E-state index is 12.8. The van der Waals surface area contributed by atoms with Crippen LogP contribution in [0.4, 0.5) is 0 Å². The highest BCUT2D eigenvalue weighted by Crippen LogP contribution is 2.22. The summed E-state index contributed by atoms with van der Waals surface area (Å²) in [5.41, 5.74) is 0.769. The largest absolute Gasteiger partial charge is 0.383 e. The van der Waals surface area contributed by atoms with Crippen molar-refractivity contribution in [2.24, 2.45) is 5.92 Å². The third-order valence-electron chi connectivity index (χ3n) is 3.17. The lowest BCUT2D eigenvalue weighted by Crippen LogP contribution is -2.28. The van der Waals surface area contributed by atoms with Gasteiger partial charge in [-0.25, -0.2) is 4.98 Å². The number of fused-ring (bicyclic) bond motifs is 1. The molecule has 0 spiro atoms. The van der Waals surface area contributed by atoms with E-state index in [1.165, 1.54) is 0 Å². The van der Waals surface area contributed by atoms with Crippen LogP contribution in [0.5, 0.6) is 0 Å². The first-order valence-corrected chi connectivity index (χ1v) is 8.16. The van der Waals surface area contributed by atoms with Crippen LogP contribution in [-0.2, 0) is 4.74 Å². The molecule has 0 radical (unpaired) electrons. The van der Waals surface area contributed by atoms with Crippen molar-refractivity contribution in [1.82, 2.24) is 9.55 Å². The first-order chi connectivity index (χ1) is 10.0. The number of benzene rings is 1. The Kier molecular flexibility index (Phi) is 5.42. The Morgan fingerprint density at radius 1 is 1.29 bits per heavy atom. The van der Waals surface area contributed by atoms with Crippen LogP contribution in [0.25, 0.3) is 10.9 Å². The van der Waals surface area contributed by atoms with E-state index in [0.29, 0.717) is 17.9 Å². The molecule has 0 aliphatic carbocycles. The molecular formula is C16H22N2O2S. The molecule has 1 heterocycles. The Morgan fingerprint density at radius 2 is 2.00 bits per heavy atom. The molecule has 5 heteroatoms. The molecule has 1 aromatic heterocycles. The number of aromatic nitrogens is 2. The van der Waals surface area contributed by atoms with Crippen molar-refractivity contribution in [1.29, 1.82) is 0 Å². The molecule has 0 N–H and O–H groups in total. The van der Waals surface area contributed by atoms with Crippen molar-refractivity contribution in [2.75, 3.05) is 19.5 Å². The van der Waals surface area contributed by atoms with Crippen LogP contribution in [0.1, 0.15) is 26.8 Å². The SMILES string of the molecule is COCC(C)n1c(SCC(C)C)nc2ccccc2c1=O. The second-order valence-electron chi connectivity index (χ2n) is 5.60. The van der Waals surface area contributed by atoms with Crippen molar-refractivity contribution in [3.8, 4) is 0 Å². The third kappa shape index (κ3) is 3.66. The molecular weight excluding hydrogens is 284 g/mol. The molecule has 0 aliphatic heterocycles. The smallest absolute Gasteiger partial charge is 0.262 e. The van der Waals surface area contributed by atoms with Crippen molar-refractivity contribution in [2.45, 2.75) is 32.0 Å². The molecule has 1 unspecified atom stereocenters. The summed E-state index contributed by atoms with van der Waals surface area (Å²) in [5, 5.41) is 1.44. The third-order valence-corrected chi connectivity index (χ3v) is 4.55. The minimum absolute atomic E-state index is 0.0106. The van der Waals surface area contributed by atoms with Gasteiger partial charge in [-0.05, 0) is 25.0 Å². The Labute approximate surface area is 129 Å². The van der Waals surface area contributed by atoms with Gasteiger partial charge in [0.2, 0.25) is 0 Å². The van der Waals surface area contributed by atoms with Crippen molar-refractivity contribution in [3.05, 3.63) is 34.6 Å². The second kappa shape index (κ2) is 7.09. The molecule has 21 heavy (non-hydrogen) atoms. The zero-order valence-electron chi connectivity index (χ0n) is 13.0. The van der Waals surface area contributed by atoms with Gasteiger partial charge in [0, 0.05) is 12.9 Å². The highest BCUT2D eigenvalue weighted by Gasteiger charge is 2.16. The fourth-order valence-electron chi connectivity index (χ4n) is 2.17. The minimum atomic E-state index is -0.0331. The van der Waals surface area contributed by atoms with Gasteiger partial charge in [0.25, 0.3) is 5.56 Å². The first kappa shape index (κ1) is 16.0. The number of para-hydroxylation sites is 1. The molecule has 2 aromatic rings. The van der Waals surface area contributed by atoms with Gasteiger partial charge in [0.1, 0.15) is 0 Å². The monoisotopic (exact) mass is 306 g/mol. The average molecular weight is 306 g/mol. The Hall–Kier alpha value is -1.33. The van der Waals surface area contributed by atoms with Gasteiger partial charge >= 0.3 is 0 Å². The number of methoxy groups -OCH3 is 1. The maximum atomic E-state index is 12.8. The van der Waals surface area contributed by atoms with E-state index < -0.39 is 0 Å². The number of ether oxygens (including phenoxy) is 1. The van der Waals surface area contributed by atoms with Crippen LogP contribution in [-0.4, -0.2) is 29.0 Å². The van der Waals surface area contributed by atoms with E-state index in [1.807, 2.05) is 31.2 Å². The zero-order valence-corrected chi connectivity index (χ0v) is 13.8. The predicted octanol–water partition coefficient (Wildman–Crippen LogP) is 3.35. The minimum Gasteiger partial charge on any atom is -0.383 e. The molecule has 2 rings (SSSR count). The van der Waals surface area contributed by atoms with E-state index >= 15 is 0 Å². The van der Waals surface area contributed by atoms with Gasteiger partial charge in [-0.15, -0.1) is 0 Å². The summed E-state index contributed by atoms with van der Waals surface area (Å²) in [6, 6.07) is 7.47. The number of hydrogen-bond donors (Lipinski definition) is 0. The molecule has 0 saturated carbocycles. The molecule has 1 atom stereocenters. The van der Waals surface area contributed by atoms with Gasteiger partial charge in [-0.3, -0.25) is 9.36 Å². The lowest BCUT2D eigenvalue weighted by Gasteiger charge is -2.19. The fraction of sp³-hybridized carbons (Fsp3) is 0.500. The van der Waals surface area contributed by atoms with Crippen LogP contribution in [0, 0.1) is 5.92 Å². The van der Waals surface area contributed by atoms with Crippen LogP contribution < -0.4 is 5.56 Å². The van der Waals surface area contributed by atoms with E-state index in [2.05, 4.69) is 18.8 Å². The summed E-state index contributed by atoms with van der Waals surface area (Å²) in [6.07, 6.45) is 0. The normalized spacial score (nSPS) is 13.0. The molecule has 4 nitrogen and oxygen atoms in total. The molecule has 0 aliphatic rings. The Balaban J connectivity index is 2.56. The predicted molar refractivity (Wildman–Crippen MR) is 88.2 cm³/mol. The van der Waals surface area contributed by atoms with Crippen molar-refractivity contribution >= 4 is 22.7 Å². The van der Waals surface area contributed by atoms with E-state index in [-0.39, 0.29) is 11.6 Å².